The minimum absolute atomic E-state index is 0.202. The van der Waals surface area contributed by atoms with E-state index in [0.29, 0.717) is 16.0 Å². The molecule has 18 heavy (non-hydrogen) atoms. The second-order valence-electron chi connectivity index (χ2n) is 3.72. The van der Waals surface area contributed by atoms with Crippen LogP contribution in [0.25, 0.3) is 21.3 Å². The zero-order valence-electron chi connectivity index (χ0n) is 9.18. The summed E-state index contributed by atoms with van der Waals surface area (Å²) in [4.78, 5) is 13.2. The third-order valence-corrected chi connectivity index (χ3v) is 3.64. The van der Waals surface area contributed by atoms with Crippen molar-refractivity contribution in [2.24, 2.45) is 0 Å². The number of rotatable bonds is 1. The lowest BCUT2D eigenvalue weighted by molar-refractivity contribution is 1.02. The molecule has 1 aromatic carbocycles. The molecule has 0 amide bonds. The minimum Gasteiger partial charge on any atom is -0.267 e. The predicted molar refractivity (Wildman–Crippen MR) is 70.4 cm³/mol. The topological polar surface area (TPSA) is 69.5 Å². The molecule has 0 spiro atoms. The van der Waals surface area contributed by atoms with Crippen LogP contribution in [0, 0.1) is 11.3 Å². The number of thiophene rings is 1. The van der Waals surface area contributed by atoms with Gasteiger partial charge in [-0.1, -0.05) is 18.2 Å². The molecule has 2 heterocycles. The molecule has 5 heteroatoms. The Balaban J connectivity index is 2.33. The average molecular weight is 253 g/mol. The summed E-state index contributed by atoms with van der Waals surface area (Å²) < 4.78 is 0. The van der Waals surface area contributed by atoms with E-state index in [2.05, 4.69) is 16.3 Å². The molecule has 86 valence electrons. The fourth-order valence-electron chi connectivity index (χ4n) is 1.83. The first-order valence-electron chi connectivity index (χ1n) is 5.27. The second kappa shape index (κ2) is 4.09. The second-order valence-corrected chi connectivity index (χ2v) is 4.81. The maximum atomic E-state index is 11.7. The lowest BCUT2D eigenvalue weighted by Crippen LogP contribution is -2.08. The van der Waals surface area contributed by atoms with Crippen molar-refractivity contribution in [1.82, 2.24) is 10.2 Å². The molecule has 0 aliphatic carbocycles. The first kappa shape index (κ1) is 10.7. The normalized spacial score (nSPS) is 10.4. The molecule has 0 fully saturated rings. The number of hydrogen-bond acceptors (Lipinski definition) is 4. The molecule has 3 aromatic rings. The van der Waals surface area contributed by atoms with Crippen LogP contribution in [0.4, 0.5) is 0 Å². The van der Waals surface area contributed by atoms with Gasteiger partial charge in [0.05, 0.1) is 10.3 Å². The molecule has 0 saturated heterocycles. The van der Waals surface area contributed by atoms with Crippen LogP contribution in [0.1, 0.15) is 4.88 Å². The van der Waals surface area contributed by atoms with Gasteiger partial charge in [-0.15, -0.1) is 11.3 Å². The average Bonchev–Trinajstić information content (AvgIpc) is 2.88. The highest BCUT2D eigenvalue weighted by atomic mass is 32.1. The van der Waals surface area contributed by atoms with E-state index in [1.807, 2.05) is 24.3 Å². The summed E-state index contributed by atoms with van der Waals surface area (Å²) >= 11 is 1.36. The summed E-state index contributed by atoms with van der Waals surface area (Å²) in [6, 6.07) is 13.0. The standard InChI is InChI=1S/C13H7N3OS/c14-7-8-5-6-11(18-8)12-9-3-1-2-4-10(9)13(17)16-15-12/h1-6H,(H,16,17). The number of nitrogens with zero attached hydrogens (tertiary/aromatic N) is 2. The summed E-state index contributed by atoms with van der Waals surface area (Å²) in [6.07, 6.45) is 0. The Morgan fingerprint density at radius 3 is 2.67 bits per heavy atom. The summed E-state index contributed by atoms with van der Waals surface area (Å²) in [5.41, 5.74) is 0.503. The van der Waals surface area contributed by atoms with Gasteiger partial charge in [-0.05, 0) is 18.2 Å². The number of hydrogen-bond donors (Lipinski definition) is 1. The van der Waals surface area contributed by atoms with Gasteiger partial charge in [0, 0.05) is 5.39 Å². The number of nitriles is 1. The Hall–Kier alpha value is -2.45. The molecule has 0 aliphatic heterocycles. The third kappa shape index (κ3) is 1.60. The summed E-state index contributed by atoms with van der Waals surface area (Å²) in [7, 11) is 0. The molecule has 1 N–H and O–H groups in total. The minimum atomic E-state index is -0.202. The van der Waals surface area contributed by atoms with Crippen molar-refractivity contribution in [2.45, 2.75) is 0 Å². The van der Waals surface area contributed by atoms with E-state index in [4.69, 9.17) is 5.26 Å². The number of H-pyrrole nitrogens is 1. The lowest BCUT2D eigenvalue weighted by Gasteiger charge is -2.01. The van der Waals surface area contributed by atoms with Crippen LogP contribution in [0.15, 0.2) is 41.2 Å². The maximum absolute atomic E-state index is 11.7. The number of aromatic amines is 1. The highest BCUT2D eigenvalue weighted by Gasteiger charge is 2.10. The first-order valence-corrected chi connectivity index (χ1v) is 6.09. The van der Waals surface area contributed by atoms with E-state index in [1.165, 1.54) is 11.3 Å². The third-order valence-electron chi connectivity index (χ3n) is 2.65. The molecule has 0 radical (unpaired) electrons. The van der Waals surface area contributed by atoms with Crippen LogP contribution in [0.3, 0.4) is 0 Å². The van der Waals surface area contributed by atoms with Crippen molar-refractivity contribution >= 4 is 22.1 Å². The number of nitrogens with one attached hydrogen (secondary N) is 1. The Bertz CT molecular complexity index is 826. The van der Waals surface area contributed by atoms with E-state index in [0.717, 1.165) is 10.3 Å². The van der Waals surface area contributed by atoms with Crippen molar-refractivity contribution in [3.05, 3.63) is 51.6 Å². The fourth-order valence-corrected chi connectivity index (χ4v) is 2.63. The summed E-state index contributed by atoms with van der Waals surface area (Å²) in [5, 5.41) is 16.8. The maximum Gasteiger partial charge on any atom is 0.272 e. The molecule has 0 bridgehead atoms. The van der Waals surface area contributed by atoms with Crippen LogP contribution in [-0.4, -0.2) is 10.2 Å². The number of fused-ring (bicyclic) bond motifs is 1. The summed E-state index contributed by atoms with van der Waals surface area (Å²) in [5.74, 6) is 0. The van der Waals surface area contributed by atoms with E-state index in [1.54, 1.807) is 12.1 Å². The largest absolute Gasteiger partial charge is 0.272 e. The Morgan fingerprint density at radius 1 is 1.17 bits per heavy atom. The zero-order chi connectivity index (χ0) is 12.5. The van der Waals surface area contributed by atoms with E-state index in [-0.39, 0.29) is 5.56 Å². The van der Waals surface area contributed by atoms with Gasteiger partial charge in [-0.2, -0.15) is 10.4 Å². The molecule has 0 unspecified atom stereocenters. The van der Waals surface area contributed by atoms with Crippen molar-refractivity contribution in [3.63, 3.8) is 0 Å². The highest BCUT2D eigenvalue weighted by Crippen LogP contribution is 2.29. The molecular formula is C13H7N3OS. The van der Waals surface area contributed by atoms with Crippen LogP contribution in [0.2, 0.25) is 0 Å². The van der Waals surface area contributed by atoms with Gasteiger partial charge in [-0.25, -0.2) is 5.10 Å². The number of benzene rings is 1. The van der Waals surface area contributed by atoms with Crippen LogP contribution in [-0.2, 0) is 0 Å². The quantitative estimate of drug-likeness (QED) is 0.724. The van der Waals surface area contributed by atoms with Crippen molar-refractivity contribution in [2.75, 3.05) is 0 Å². The molecule has 0 aliphatic rings. The molecule has 2 aromatic heterocycles. The van der Waals surface area contributed by atoms with Gasteiger partial charge >= 0.3 is 0 Å². The van der Waals surface area contributed by atoms with Gasteiger partial charge in [0.15, 0.2) is 0 Å². The molecular weight excluding hydrogens is 246 g/mol. The molecule has 0 saturated carbocycles. The molecule has 0 atom stereocenters. The van der Waals surface area contributed by atoms with Crippen LogP contribution in [0.5, 0.6) is 0 Å². The van der Waals surface area contributed by atoms with Gasteiger partial charge in [0.2, 0.25) is 0 Å². The Labute approximate surface area is 106 Å². The summed E-state index contributed by atoms with van der Waals surface area (Å²) in [6.45, 7) is 0. The zero-order valence-corrected chi connectivity index (χ0v) is 9.99. The van der Waals surface area contributed by atoms with E-state index < -0.39 is 0 Å². The lowest BCUT2D eigenvalue weighted by atomic mass is 10.1. The van der Waals surface area contributed by atoms with Gasteiger partial charge in [0.1, 0.15) is 16.6 Å². The van der Waals surface area contributed by atoms with Gasteiger partial charge in [0.25, 0.3) is 5.56 Å². The monoisotopic (exact) mass is 253 g/mol. The van der Waals surface area contributed by atoms with Gasteiger partial charge in [-0.3, -0.25) is 4.79 Å². The van der Waals surface area contributed by atoms with Crippen molar-refractivity contribution in [3.8, 4) is 16.6 Å². The first-order chi connectivity index (χ1) is 8.79. The van der Waals surface area contributed by atoms with Crippen LogP contribution >= 0.6 is 11.3 Å². The van der Waals surface area contributed by atoms with Crippen molar-refractivity contribution < 1.29 is 0 Å². The highest BCUT2D eigenvalue weighted by molar-refractivity contribution is 7.16. The molecule has 3 rings (SSSR count). The number of aromatic nitrogens is 2. The Kier molecular flexibility index (Phi) is 2.43. The fraction of sp³-hybridized carbons (Fsp3) is 0. The predicted octanol–water partition coefficient (Wildman–Crippen LogP) is 2.52. The van der Waals surface area contributed by atoms with E-state index in [9.17, 15) is 4.79 Å². The smallest absolute Gasteiger partial charge is 0.267 e. The SMILES string of the molecule is N#Cc1ccc(-c2n[nH]c(=O)c3ccccc23)s1. The van der Waals surface area contributed by atoms with Gasteiger partial charge < -0.3 is 0 Å². The molecule has 4 nitrogen and oxygen atoms in total. The van der Waals surface area contributed by atoms with E-state index >= 15 is 0 Å². The van der Waals surface area contributed by atoms with Crippen LogP contribution < -0.4 is 5.56 Å². The van der Waals surface area contributed by atoms with Crippen molar-refractivity contribution in [1.29, 1.82) is 5.26 Å². The Morgan fingerprint density at radius 2 is 1.94 bits per heavy atom.